The maximum atomic E-state index is 6.42. The molecule has 6 nitrogen and oxygen atoms in total. The number of aryl methyl sites for hydroxylation is 1. The van der Waals surface area contributed by atoms with Gasteiger partial charge < -0.3 is 27.1 Å². The summed E-state index contributed by atoms with van der Waals surface area (Å²) in [6, 6.07) is 84.2. The predicted octanol–water partition coefficient (Wildman–Crippen LogP) is 18.1. The zero-order valence-corrected chi connectivity index (χ0v) is 39.6. The summed E-state index contributed by atoms with van der Waals surface area (Å²) < 4.78 is 22.6. The van der Waals surface area contributed by atoms with E-state index in [2.05, 4.69) is 238 Å². The van der Waals surface area contributed by atoms with Crippen LogP contribution in [0.1, 0.15) is 0 Å². The summed E-state index contributed by atoms with van der Waals surface area (Å²) in [6.07, 6.45) is 0. The van der Waals surface area contributed by atoms with Gasteiger partial charge >= 0.3 is 0 Å². The lowest BCUT2D eigenvalue weighted by atomic mass is 10.0. The molecule has 0 unspecified atom stereocenters. The van der Waals surface area contributed by atoms with Crippen LogP contribution in [0.15, 0.2) is 245 Å². The van der Waals surface area contributed by atoms with Crippen molar-refractivity contribution >= 4 is 131 Å². The lowest BCUT2D eigenvalue weighted by molar-refractivity contribution is 0.665. The highest BCUT2D eigenvalue weighted by atomic mass is 16.3. The van der Waals surface area contributed by atoms with E-state index in [0.717, 1.165) is 71.8 Å². The first-order chi connectivity index (χ1) is 36.2. The third-order valence-corrected chi connectivity index (χ3v) is 15.4. The summed E-state index contributed by atoms with van der Waals surface area (Å²) in [7, 11) is 2.13. The van der Waals surface area contributed by atoms with Gasteiger partial charge in [-0.05, 0) is 72.8 Å². The number of benzene rings is 11. The van der Waals surface area contributed by atoms with Crippen LogP contribution in [0.3, 0.4) is 0 Å². The summed E-state index contributed by atoms with van der Waals surface area (Å²) in [5.41, 5.74) is 16.7. The lowest BCUT2D eigenvalue weighted by Crippen LogP contribution is -1.97. The Kier molecular flexibility index (Phi) is 8.28. The summed E-state index contributed by atoms with van der Waals surface area (Å²) in [6.45, 7) is 0. The Morgan fingerprint density at radius 2 is 0.534 bits per heavy atom. The topological polar surface area (TPSA) is 46.0 Å². The van der Waals surface area contributed by atoms with Crippen LogP contribution in [0.5, 0.6) is 0 Å². The Morgan fingerprint density at radius 3 is 0.932 bits per heavy atom. The molecule has 6 heterocycles. The molecular weight excluding hydrogens is 893 g/mol. The minimum Gasteiger partial charge on any atom is -0.455 e. The molecule has 6 heteroatoms. The number of rotatable bonds is 3. The van der Waals surface area contributed by atoms with Crippen molar-refractivity contribution in [2.45, 2.75) is 0 Å². The van der Waals surface area contributed by atoms with Crippen molar-refractivity contribution in [3.8, 4) is 17.1 Å². The van der Waals surface area contributed by atoms with Gasteiger partial charge in [0.05, 0.1) is 54.8 Å². The molecule has 0 atom stereocenters. The van der Waals surface area contributed by atoms with Gasteiger partial charge in [-0.3, -0.25) is 0 Å². The Morgan fingerprint density at radius 1 is 0.247 bits per heavy atom. The van der Waals surface area contributed by atoms with Crippen LogP contribution < -0.4 is 0 Å². The van der Waals surface area contributed by atoms with Crippen molar-refractivity contribution in [1.29, 1.82) is 0 Å². The van der Waals surface area contributed by atoms with Crippen LogP contribution in [0.25, 0.3) is 148 Å². The highest BCUT2D eigenvalue weighted by molar-refractivity contribution is 6.41. The standard InChI is InChI=1S/C42H27N3.C25H15NO2/c1-4-16-28(17-5-1)43-34-25-13-10-22-31(34)37-40(43)38-32-23-11-14-26-35(32)44(29-18-6-2-7-19-29)42(38)39-33-24-12-15-27-36(33)45(41(37)39)30-20-8-3-9-21-30;1-26-17-11-5-2-8-14(17)20-23(26)21-15-9-3-6-12-18(15)27-25(21)22-16-10-4-7-13-19(16)28-24(20)22/h1-27H;2-13H,1H3. The second-order valence-electron chi connectivity index (χ2n) is 19.1. The Bertz CT molecular complexity index is 4720. The van der Waals surface area contributed by atoms with Crippen LogP contribution in [0, 0.1) is 0 Å². The van der Waals surface area contributed by atoms with E-state index in [1.165, 1.54) is 76.3 Å². The van der Waals surface area contributed by atoms with Crippen molar-refractivity contribution in [2.24, 2.45) is 7.05 Å². The smallest absolute Gasteiger partial charge is 0.149 e. The molecule has 73 heavy (non-hydrogen) atoms. The molecule has 11 aromatic carbocycles. The molecule has 0 saturated heterocycles. The number of aromatic nitrogens is 4. The number of para-hydroxylation sites is 9. The molecule has 0 aliphatic heterocycles. The summed E-state index contributed by atoms with van der Waals surface area (Å²) in [5.74, 6) is 0. The molecule has 17 rings (SSSR count). The van der Waals surface area contributed by atoms with Gasteiger partial charge in [0.25, 0.3) is 0 Å². The fraction of sp³-hybridized carbons (Fsp3) is 0.0149. The molecule has 0 amide bonds. The van der Waals surface area contributed by atoms with Gasteiger partial charge in [-0.15, -0.1) is 0 Å². The van der Waals surface area contributed by atoms with E-state index in [-0.39, 0.29) is 0 Å². The molecule has 0 aliphatic carbocycles. The summed E-state index contributed by atoms with van der Waals surface area (Å²) in [4.78, 5) is 0. The normalized spacial score (nSPS) is 12.2. The van der Waals surface area contributed by atoms with Gasteiger partial charge in [-0.1, -0.05) is 164 Å². The van der Waals surface area contributed by atoms with Crippen LogP contribution in [-0.2, 0) is 7.05 Å². The van der Waals surface area contributed by atoms with Crippen LogP contribution in [0.2, 0.25) is 0 Å². The monoisotopic (exact) mass is 934 g/mol. The van der Waals surface area contributed by atoms with Crippen molar-refractivity contribution in [3.05, 3.63) is 237 Å². The zero-order chi connectivity index (χ0) is 47.9. The van der Waals surface area contributed by atoms with Crippen molar-refractivity contribution < 1.29 is 8.83 Å². The van der Waals surface area contributed by atoms with Crippen molar-refractivity contribution in [3.63, 3.8) is 0 Å². The first-order valence-corrected chi connectivity index (χ1v) is 24.9. The van der Waals surface area contributed by atoms with Crippen molar-refractivity contribution in [1.82, 2.24) is 18.3 Å². The van der Waals surface area contributed by atoms with E-state index in [0.29, 0.717) is 0 Å². The molecule has 0 saturated carbocycles. The largest absolute Gasteiger partial charge is 0.455 e. The van der Waals surface area contributed by atoms with Crippen molar-refractivity contribution in [2.75, 3.05) is 0 Å². The highest BCUT2D eigenvalue weighted by Crippen LogP contribution is 2.51. The molecule has 6 aromatic heterocycles. The number of hydrogen-bond acceptors (Lipinski definition) is 2. The SMILES string of the molecule is Cn1c2ccccc2c2c3oc4ccccc4c3c3oc4ccccc4c3c21.c1ccc(-n2c3ccccc3c3c2c2c4ccccc4n(-c4ccccc4)c2c2c4ccccc4n(-c4ccccc4)c32)cc1. The molecule has 342 valence electrons. The predicted molar refractivity (Wildman–Crippen MR) is 304 cm³/mol. The summed E-state index contributed by atoms with van der Waals surface area (Å²) >= 11 is 0. The molecule has 0 N–H and O–H groups in total. The summed E-state index contributed by atoms with van der Waals surface area (Å²) in [5, 5.41) is 14.4. The van der Waals surface area contributed by atoms with Gasteiger partial charge in [0.1, 0.15) is 22.3 Å². The average Bonchev–Trinajstić information content (AvgIpc) is 4.31. The van der Waals surface area contributed by atoms with E-state index in [1.807, 2.05) is 24.3 Å². The molecule has 0 fully saturated rings. The highest BCUT2D eigenvalue weighted by Gasteiger charge is 2.29. The maximum Gasteiger partial charge on any atom is 0.149 e. The zero-order valence-electron chi connectivity index (χ0n) is 39.6. The number of fused-ring (bicyclic) bond motifs is 24. The first kappa shape index (κ1) is 40.0. The molecule has 17 aromatic rings. The third-order valence-electron chi connectivity index (χ3n) is 15.4. The third kappa shape index (κ3) is 5.41. The molecular formula is C67H42N4O2. The maximum absolute atomic E-state index is 6.42. The van der Waals surface area contributed by atoms with E-state index < -0.39 is 0 Å². The fourth-order valence-electron chi connectivity index (χ4n) is 12.5. The Hall–Kier alpha value is -9.78. The van der Waals surface area contributed by atoms with Gasteiger partial charge in [0.2, 0.25) is 0 Å². The van der Waals surface area contributed by atoms with Gasteiger partial charge in [0.15, 0.2) is 0 Å². The number of furan rings is 2. The minimum absolute atomic E-state index is 0.889. The van der Waals surface area contributed by atoms with E-state index in [9.17, 15) is 0 Å². The van der Waals surface area contributed by atoms with E-state index in [1.54, 1.807) is 0 Å². The Balaban J connectivity index is 0.000000139. The molecule has 0 aliphatic rings. The number of nitrogens with zero attached hydrogens (tertiary/aromatic N) is 4. The number of hydrogen-bond donors (Lipinski definition) is 0. The van der Waals surface area contributed by atoms with Crippen LogP contribution in [-0.4, -0.2) is 18.3 Å². The van der Waals surface area contributed by atoms with Crippen LogP contribution >= 0.6 is 0 Å². The second kappa shape index (κ2) is 15.1. The van der Waals surface area contributed by atoms with E-state index >= 15 is 0 Å². The Labute approximate surface area is 416 Å². The van der Waals surface area contributed by atoms with Gasteiger partial charge in [0, 0.05) is 78.1 Å². The quantitative estimate of drug-likeness (QED) is 0.177. The average molecular weight is 935 g/mol. The van der Waals surface area contributed by atoms with Gasteiger partial charge in [-0.2, -0.15) is 0 Å². The lowest BCUT2D eigenvalue weighted by Gasteiger charge is -2.13. The molecule has 0 bridgehead atoms. The second-order valence-corrected chi connectivity index (χ2v) is 19.1. The first-order valence-electron chi connectivity index (χ1n) is 24.9. The molecule has 0 spiro atoms. The molecule has 0 radical (unpaired) electrons. The van der Waals surface area contributed by atoms with Crippen LogP contribution in [0.4, 0.5) is 0 Å². The van der Waals surface area contributed by atoms with E-state index in [4.69, 9.17) is 8.83 Å². The minimum atomic E-state index is 0.889. The van der Waals surface area contributed by atoms with Gasteiger partial charge in [-0.25, -0.2) is 0 Å². The fourth-order valence-corrected chi connectivity index (χ4v) is 12.5.